The maximum Gasteiger partial charge on any atom is 0.329 e. The lowest BCUT2D eigenvalue weighted by molar-refractivity contribution is 0.241. The third-order valence-electron chi connectivity index (χ3n) is 5.43. The van der Waals surface area contributed by atoms with Crippen LogP contribution in [0.15, 0.2) is 90.1 Å². The van der Waals surface area contributed by atoms with Crippen molar-refractivity contribution in [2.75, 3.05) is 6.61 Å². The summed E-state index contributed by atoms with van der Waals surface area (Å²) in [5, 5.41) is 2.65. The number of amides is 2. The minimum Gasteiger partial charge on any atom is -0.494 e. The molecular formula is C26H24Cl2N4O4S. The van der Waals surface area contributed by atoms with Crippen molar-refractivity contribution in [2.24, 2.45) is 0 Å². The number of benzene rings is 3. The van der Waals surface area contributed by atoms with Crippen LogP contribution < -0.4 is 14.8 Å². The number of nitrogens with zero attached hydrogens (tertiary/aromatic N) is 2. The van der Waals surface area contributed by atoms with E-state index in [2.05, 4.69) is 10.3 Å². The molecule has 0 aliphatic heterocycles. The van der Waals surface area contributed by atoms with Crippen LogP contribution in [0.4, 0.5) is 4.79 Å². The lowest BCUT2D eigenvalue weighted by Gasteiger charge is -2.21. The van der Waals surface area contributed by atoms with Gasteiger partial charge in [0.05, 0.1) is 22.7 Å². The van der Waals surface area contributed by atoms with E-state index in [0.29, 0.717) is 18.9 Å². The van der Waals surface area contributed by atoms with Crippen molar-refractivity contribution >= 4 is 39.3 Å². The Morgan fingerprint density at radius 2 is 1.76 bits per heavy atom. The molecule has 0 saturated heterocycles. The smallest absolute Gasteiger partial charge is 0.329 e. The van der Waals surface area contributed by atoms with Gasteiger partial charge in [0.1, 0.15) is 16.5 Å². The molecule has 1 aromatic heterocycles. The zero-order chi connectivity index (χ0) is 26.4. The Hall–Kier alpha value is -3.53. The van der Waals surface area contributed by atoms with Crippen LogP contribution in [0.2, 0.25) is 10.0 Å². The van der Waals surface area contributed by atoms with E-state index in [0.717, 1.165) is 17.0 Å². The highest BCUT2D eigenvalue weighted by molar-refractivity contribution is 7.90. The van der Waals surface area contributed by atoms with Gasteiger partial charge in [-0.1, -0.05) is 59.6 Å². The van der Waals surface area contributed by atoms with Crippen molar-refractivity contribution in [3.63, 3.8) is 0 Å². The summed E-state index contributed by atoms with van der Waals surface area (Å²) in [6.45, 7) is 2.46. The Labute approximate surface area is 225 Å². The minimum absolute atomic E-state index is 0.0595. The second-order valence-electron chi connectivity index (χ2n) is 7.96. The molecule has 192 valence electrons. The maximum absolute atomic E-state index is 13.0. The first-order valence-corrected chi connectivity index (χ1v) is 13.6. The summed E-state index contributed by atoms with van der Waals surface area (Å²) >= 11 is 12.0. The van der Waals surface area contributed by atoms with E-state index in [1.165, 1.54) is 18.2 Å². The first kappa shape index (κ1) is 26.5. The SMILES string of the molecule is CCOc1ccc(-n2ccnc2[C@H](Cc2ccccc2)NC(=O)NS(=O)(=O)c2cccc(Cl)c2Cl)cc1. The fourth-order valence-corrected chi connectivity index (χ4v) is 5.45. The van der Waals surface area contributed by atoms with Crippen molar-refractivity contribution in [3.8, 4) is 11.4 Å². The van der Waals surface area contributed by atoms with Gasteiger partial charge in [0, 0.05) is 18.1 Å². The number of sulfonamides is 1. The minimum atomic E-state index is -4.29. The second-order valence-corrected chi connectivity index (χ2v) is 10.4. The fourth-order valence-electron chi connectivity index (χ4n) is 3.77. The summed E-state index contributed by atoms with van der Waals surface area (Å²) in [5.41, 5.74) is 1.73. The fraction of sp³-hybridized carbons (Fsp3) is 0.154. The number of halogens is 2. The van der Waals surface area contributed by atoms with E-state index < -0.39 is 22.1 Å². The molecule has 0 bridgehead atoms. The Balaban J connectivity index is 1.62. The first-order valence-electron chi connectivity index (χ1n) is 11.4. The van der Waals surface area contributed by atoms with Gasteiger partial charge >= 0.3 is 6.03 Å². The van der Waals surface area contributed by atoms with Gasteiger partial charge in [-0.3, -0.25) is 0 Å². The van der Waals surface area contributed by atoms with Crippen molar-refractivity contribution < 1.29 is 17.9 Å². The van der Waals surface area contributed by atoms with Crippen molar-refractivity contribution in [1.82, 2.24) is 19.6 Å². The molecule has 0 aliphatic carbocycles. The lowest BCUT2D eigenvalue weighted by Crippen LogP contribution is -2.42. The number of carbonyl (C=O) groups excluding carboxylic acids is 1. The molecule has 37 heavy (non-hydrogen) atoms. The molecule has 2 amide bonds. The number of rotatable bonds is 9. The second kappa shape index (κ2) is 11.7. The van der Waals surface area contributed by atoms with Gasteiger partial charge in [-0.2, -0.15) is 0 Å². The summed E-state index contributed by atoms with van der Waals surface area (Å²) < 4.78 is 35.1. The van der Waals surface area contributed by atoms with Crippen LogP contribution in [0.5, 0.6) is 5.75 Å². The Morgan fingerprint density at radius 1 is 1.03 bits per heavy atom. The van der Waals surface area contributed by atoms with Gasteiger partial charge in [0.25, 0.3) is 10.0 Å². The molecule has 0 aliphatic rings. The van der Waals surface area contributed by atoms with E-state index in [-0.39, 0.29) is 14.9 Å². The molecule has 11 heteroatoms. The molecule has 0 saturated carbocycles. The zero-order valence-corrected chi connectivity index (χ0v) is 22.1. The highest BCUT2D eigenvalue weighted by atomic mass is 35.5. The highest BCUT2D eigenvalue weighted by Crippen LogP contribution is 2.29. The number of imidazole rings is 1. The molecule has 3 aromatic carbocycles. The van der Waals surface area contributed by atoms with Gasteiger partial charge < -0.3 is 14.6 Å². The molecule has 0 spiro atoms. The van der Waals surface area contributed by atoms with Crippen LogP contribution in [-0.2, 0) is 16.4 Å². The summed E-state index contributed by atoms with van der Waals surface area (Å²) in [4.78, 5) is 17.1. The molecule has 0 unspecified atom stereocenters. The summed E-state index contributed by atoms with van der Waals surface area (Å²) in [5.74, 6) is 1.25. The van der Waals surface area contributed by atoms with Gasteiger partial charge in [-0.05, 0) is 55.3 Å². The molecule has 1 atom stereocenters. The van der Waals surface area contributed by atoms with Crippen molar-refractivity contribution in [2.45, 2.75) is 24.3 Å². The summed E-state index contributed by atoms with van der Waals surface area (Å²) in [7, 11) is -4.29. The van der Waals surface area contributed by atoms with Gasteiger partial charge in [-0.15, -0.1) is 0 Å². The number of carbonyl (C=O) groups is 1. The Bertz CT molecular complexity index is 1480. The number of hydrogen-bond donors (Lipinski definition) is 2. The topological polar surface area (TPSA) is 102 Å². The monoisotopic (exact) mass is 558 g/mol. The van der Waals surface area contributed by atoms with Crippen LogP contribution in [-0.4, -0.2) is 30.6 Å². The molecule has 1 heterocycles. The number of aromatic nitrogens is 2. The molecule has 4 aromatic rings. The van der Waals surface area contributed by atoms with Gasteiger partial charge in [-0.25, -0.2) is 22.9 Å². The van der Waals surface area contributed by atoms with E-state index in [1.54, 1.807) is 12.4 Å². The lowest BCUT2D eigenvalue weighted by atomic mass is 10.1. The predicted octanol–water partition coefficient (Wildman–Crippen LogP) is 5.55. The van der Waals surface area contributed by atoms with Crippen LogP contribution in [0.3, 0.4) is 0 Å². The van der Waals surface area contributed by atoms with Crippen molar-refractivity contribution in [3.05, 3.63) is 107 Å². The van der Waals surface area contributed by atoms with Gasteiger partial charge in [0.2, 0.25) is 0 Å². The van der Waals surface area contributed by atoms with Crippen LogP contribution in [0.25, 0.3) is 5.69 Å². The molecule has 0 radical (unpaired) electrons. The average molecular weight is 559 g/mol. The zero-order valence-electron chi connectivity index (χ0n) is 19.8. The molecular weight excluding hydrogens is 535 g/mol. The number of ether oxygens (including phenoxy) is 1. The molecule has 2 N–H and O–H groups in total. The van der Waals surface area contributed by atoms with Crippen LogP contribution >= 0.6 is 23.2 Å². The molecule has 0 fully saturated rings. The average Bonchev–Trinajstić information content (AvgIpc) is 3.36. The first-order chi connectivity index (χ1) is 17.8. The number of hydrogen-bond acceptors (Lipinski definition) is 5. The Kier molecular flexibility index (Phi) is 8.38. The normalized spacial score (nSPS) is 12.1. The van der Waals surface area contributed by atoms with Crippen LogP contribution in [0, 0.1) is 0 Å². The van der Waals surface area contributed by atoms with E-state index >= 15 is 0 Å². The van der Waals surface area contributed by atoms with Crippen LogP contribution in [0.1, 0.15) is 24.4 Å². The van der Waals surface area contributed by atoms with E-state index in [9.17, 15) is 13.2 Å². The quantitative estimate of drug-likeness (QED) is 0.280. The summed E-state index contributed by atoms with van der Waals surface area (Å²) in [6, 6.07) is 19.5. The Morgan fingerprint density at radius 3 is 2.46 bits per heavy atom. The van der Waals surface area contributed by atoms with Crippen molar-refractivity contribution in [1.29, 1.82) is 0 Å². The third kappa shape index (κ3) is 6.43. The predicted molar refractivity (Wildman–Crippen MR) is 143 cm³/mol. The maximum atomic E-state index is 13.0. The largest absolute Gasteiger partial charge is 0.494 e. The molecule has 4 rings (SSSR count). The third-order valence-corrected chi connectivity index (χ3v) is 7.73. The van der Waals surface area contributed by atoms with Gasteiger partial charge in [0.15, 0.2) is 0 Å². The standard InChI is InChI=1S/C26H24Cl2N4O4S/c1-2-36-20-13-11-19(12-14-20)32-16-15-29-25(32)22(17-18-7-4-3-5-8-18)30-26(33)31-37(34,35)23-10-6-9-21(27)24(23)28/h3-16,22H,2,17H2,1H3,(H2,30,31,33)/t22-/m0/s1. The molecule has 8 nitrogen and oxygen atoms in total. The van der Waals surface area contributed by atoms with E-state index in [4.69, 9.17) is 27.9 Å². The van der Waals surface area contributed by atoms with E-state index in [1.807, 2.05) is 70.8 Å². The number of urea groups is 1. The summed E-state index contributed by atoms with van der Waals surface area (Å²) in [6.07, 6.45) is 3.75. The number of nitrogens with one attached hydrogen (secondary N) is 2. The highest BCUT2D eigenvalue weighted by Gasteiger charge is 2.26.